The third-order valence-corrected chi connectivity index (χ3v) is 16.7. The van der Waals surface area contributed by atoms with E-state index in [4.69, 9.17) is 4.98 Å². The molecule has 3 aliphatic carbocycles. The van der Waals surface area contributed by atoms with Crippen molar-refractivity contribution in [2.45, 2.75) is 188 Å². The van der Waals surface area contributed by atoms with Crippen molar-refractivity contribution in [2.75, 3.05) is 13.1 Å². The molecule has 0 amide bonds. The fourth-order valence-electron chi connectivity index (χ4n) is 10.6. The van der Waals surface area contributed by atoms with E-state index >= 15 is 0 Å². The molecule has 0 radical (unpaired) electrons. The van der Waals surface area contributed by atoms with Gasteiger partial charge in [0.2, 0.25) is 0 Å². The minimum absolute atomic E-state index is 0.0923. The molecule has 0 aliphatic heterocycles. The number of thioether (sulfide) groups is 1. The molecular formula is C55H89N5S. The number of aromatic nitrogens is 1. The Morgan fingerprint density at radius 2 is 1.51 bits per heavy atom. The topological polar surface area (TPSA) is 61.0 Å². The van der Waals surface area contributed by atoms with Crippen LogP contribution in [0.2, 0.25) is 0 Å². The van der Waals surface area contributed by atoms with Crippen molar-refractivity contribution in [3.8, 4) is 0 Å². The Labute approximate surface area is 379 Å². The first kappa shape index (κ1) is 50.5. The molecule has 2 fully saturated rings. The Balaban J connectivity index is 1.18. The van der Waals surface area contributed by atoms with E-state index in [1.165, 1.54) is 86.7 Å². The molecule has 5 nitrogen and oxygen atoms in total. The standard InChI is InChI=1S/C55H89N5S/c1-14-47-36-46(37-49(60-47)39-61-55(15-2)51-28-24-20-18-16-17-19-23-27-50(51)53(55,11)12)44(9)56-35-25-21-22-26-42(7)59-52(41(5)6)45(10)57-38-43(8)58-48-30-33-54(13,34-31-48)32-29-40(3)4/h30-31,33,36-37,41,50-52,56-59H,3,7-10,14-29,32,34-35,38-39H2,1-2,4-6,11-13H3. The highest BCUT2D eigenvalue weighted by atomic mass is 32.2. The average Bonchev–Trinajstić information content (AvgIpc) is 3.28. The van der Waals surface area contributed by atoms with Crippen molar-refractivity contribution in [3.05, 3.63) is 109 Å². The number of aryl methyl sites for hydroxylation is 1. The molecule has 1 heterocycles. The van der Waals surface area contributed by atoms with Gasteiger partial charge in [-0.2, -0.15) is 0 Å². The van der Waals surface area contributed by atoms with Gasteiger partial charge in [0, 0.05) is 56.8 Å². The van der Waals surface area contributed by atoms with Gasteiger partial charge >= 0.3 is 0 Å². The molecule has 6 heteroatoms. The molecule has 0 saturated heterocycles. The summed E-state index contributed by atoms with van der Waals surface area (Å²) in [5.74, 6) is 3.04. The summed E-state index contributed by atoms with van der Waals surface area (Å²) >= 11 is 2.23. The molecule has 1 aromatic heterocycles. The van der Waals surface area contributed by atoms with Crippen LogP contribution in [0.5, 0.6) is 0 Å². The molecule has 3 aliphatic rings. The molecular weight excluding hydrogens is 763 g/mol. The van der Waals surface area contributed by atoms with E-state index in [1.807, 2.05) is 0 Å². The number of allylic oxidation sites excluding steroid dienone is 5. The molecule has 4 rings (SSSR count). The molecule has 5 atom stereocenters. The van der Waals surface area contributed by atoms with Gasteiger partial charge in [-0.3, -0.25) is 4.98 Å². The lowest BCUT2D eigenvalue weighted by molar-refractivity contribution is -0.0806. The Hall–Kier alpha value is -3.12. The molecule has 1 aromatic rings. The third kappa shape index (κ3) is 14.5. The normalized spacial score (nSPS) is 24.2. The number of fused-ring (bicyclic) bond motifs is 1. The van der Waals surface area contributed by atoms with Crippen molar-refractivity contribution < 1.29 is 0 Å². The second-order valence-corrected chi connectivity index (χ2v) is 21.6. The third-order valence-electron chi connectivity index (χ3n) is 14.6. The SMILES string of the molecule is C=C(C)CCC1(C)C=CC(NC(=C)CNC(=C)C(NC(=C)CCCCCNC(=C)c2cc(CC)nc(CSC3(CC)C4CCCCCCCCCC4C3(C)C)c2)C(C)C)=CC1. The lowest BCUT2D eigenvalue weighted by Crippen LogP contribution is -2.65. The van der Waals surface area contributed by atoms with Gasteiger partial charge in [0.15, 0.2) is 0 Å². The van der Waals surface area contributed by atoms with Crippen molar-refractivity contribution >= 4 is 17.5 Å². The molecule has 4 N–H and O–H groups in total. The van der Waals surface area contributed by atoms with E-state index in [-0.39, 0.29) is 11.5 Å². The van der Waals surface area contributed by atoms with Crippen molar-refractivity contribution in [2.24, 2.45) is 28.6 Å². The maximum atomic E-state index is 5.16. The van der Waals surface area contributed by atoms with Crippen molar-refractivity contribution in [1.82, 2.24) is 26.3 Å². The largest absolute Gasteiger partial charge is 0.385 e. The molecule has 61 heavy (non-hydrogen) atoms. The van der Waals surface area contributed by atoms with Gasteiger partial charge in [-0.25, -0.2) is 0 Å². The first-order valence-electron chi connectivity index (χ1n) is 24.5. The second-order valence-electron chi connectivity index (χ2n) is 20.3. The van der Waals surface area contributed by atoms with E-state index in [9.17, 15) is 0 Å². The Morgan fingerprint density at radius 3 is 2.13 bits per heavy atom. The summed E-state index contributed by atoms with van der Waals surface area (Å²) in [6, 6.07) is 4.65. The Kier molecular flexibility index (Phi) is 19.9. The highest BCUT2D eigenvalue weighted by molar-refractivity contribution is 8.00. The lowest BCUT2D eigenvalue weighted by atomic mass is 9.45. The lowest BCUT2D eigenvalue weighted by Gasteiger charge is -2.68. The number of unbranched alkanes of at least 4 members (excludes halogenated alkanes) is 2. The van der Waals surface area contributed by atoms with Crippen LogP contribution in [0.1, 0.15) is 181 Å². The van der Waals surface area contributed by atoms with Gasteiger partial charge in [-0.05, 0) is 118 Å². The van der Waals surface area contributed by atoms with Crippen LogP contribution in [0.15, 0.2) is 91.6 Å². The Bertz CT molecular complexity index is 1700. The van der Waals surface area contributed by atoms with Crippen LogP contribution < -0.4 is 21.3 Å². The zero-order valence-electron chi connectivity index (χ0n) is 40.4. The van der Waals surface area contributed by atoms with E-state index in [1.54, 1.807) is 0 Å². The van der Waals surface area contributed by atoms with Crippen LogP contribution in [0.4, 0.5) is 0 Å². The van der Waals surface area contributed by atoms with E-state index in [0.29, 0.717) is 22.6 Å². The number of hydrogen-bond acceptors (Lipinski definition) is 6. The molecule has 2 saturated carbocycles. The maximum absolute atomic E-state index is 5.16. The predicted octanol–water partition coefficient (Wildman–Crippen LogP) is 14.5. The van der Waals surface area contributed by atoms with Crippen LogP contribution in [-0.2, 0) is 12.2 Å². The smallest absolute Gasteiger partial charge is 0.0673 e. The zero-order chi connectivity index (χ0) is 44.6. The fourth-order valence-corrected chi connectivity index (χ4v) is 12.4. The van der Waals surface area contributed by atoms with Crippen LogP contribution in [-0.4, -0.2) is 28.9 Å². The summed E-state index contributed by atoms with van der Waals surface area (Å²) in [6.07, 6.45) is 29.2. The summed E-state index contributed by atoms with van der Waals surface area (Å²) in [4.78, 5) is 5.16. The fraction of sp³-hybridized carbons (Fsp3) is 0.655. The number of pyridine rings is 1. The van der Waals surface area contributed by atoms with Crippen LogP contribution in [0, 0.1) is 28.6 Å². The summed E-state index contributed by atoms with van der Waals surface area (Å²) in [5.41, 5.74) is 10.5. The maximum Gasteiger partial charge on any atom is 0.0673 e. The number of hydrogen-bond donors (Lipinski definition) is 4. The second kappa shape index (κ2) is 24.1. The molecule has 0 aromatic carbocycles. The first-order chi connectivity index (χ1) is 29.0. The van der Waals surface area contributed by atoms with Crippen LogP contribution in [0.25, 0.3) is 5.70 Å². The van der Waals surface area contributed by atoms with Crippen LogP contribution in [0.3, 0.4) is 0 Å². The predicted molar refractivity (Wildman–Crippen MR) is 270 cm³/mol. The zero-order valence-corrected chi connectivity index (χ0v) is 41.3. The van der Waals surface area contributed by atoms with Gasteiger partial charge in [-0.1, -0.05) is 144 Å². The van der Waals surface area contributed by atoms with Gasteiger partial charge in [0.1, 0.15) is 0 Å². The molecule has 0 bridgehead atoms. The summed E-state index contributed by atoms with van der Waals surface area (Å²) < 4.78 is 0.332. The van der Waals surface area contributed by atoms with Gasteiger partial charge < -0.3 is 21.3 Å². The summed E-state index contributed by atoms with van der Waals surface area (Å²) in [5, 5.41) is 14.4. The monoisotopic (exact) mass is 852 g/mol. The summed E-state index contributed by atoms with van der Waals surface area (Å²) in [7, 11) is 0. The molecule has 0 spiro atoms. The first-order valence-corrected chi connectivity index (χ1v) is 25.4. The van der Waals surface area contributed by atoms with Crippen molar-refractivity contribution in [1.29, 1.82) is 0 Å². The van der Waals surface area contributed by atoms with E-state index in [2.05, 4.69) is 152 Å². The van der Waals surface area contributed by atoms with E-state index in [0.717, 1.165) is 104 Å². The van der Waals surface area contributed by atoms with Gasteiger partial charge in [0.25, 0.3) is 0 Å². The van der Waals surface area contributed by atoms with Gasteiger partial charge in [0.05, 0.1) is 18.3 Å². The quantitative estimate of drug-likeness (QED) is 0.0581. The number of nitrogens with one attached hydrogen (secondary N) is 4. The van der Waals surface area contributed by atoms with Crippen LogP contribution >= 0.6 is 11.8 Å². The van der Waals surface area contributed by atoms with E-state index < -0.39 is 0 Å². The highest BCUT2D eigenvalue weighted by Gasteiger charge is 2.64. The molecule has 5 unspecified atom stereocenters. The van der Waals surface area contributed by atoms with Gasteiger partial charge in [-0.15, -0.1) is 18.3 Å². The minimum Gasteiger partial charge on any atom is -0.385 e. The van der Waals surface area contributed by atoms with Crippen molar-refractivity contribution in [3.63, 3.8) is 0 Å². The minimum atomic E-state index is 0.0923. The summed E-state index contributed by atoms with van der Waals surface area (Å²) in [6.45, 7) is 41.9. The number of rotatable bonds is 25. The molecule has 340 valence electrons. The highest BCUT2D eigenvalue weighted by Crippen LogP contribution is 2.69. The number of nitrogens with zero attached hydrogens (tertiary/aromatic N) is 1. The Morgan fingerprint density at radius 1 is 0.836 bits per heavy atom. The average molecular weight is 852 g/mol.